The van der Waals surface area contributed by atoms with Crippen LogP contribution in [0.25, 0.3) is 11.6 Å². The molecule has 1 aliphatic heterocycles. The van der Waals surface area contributed by atoms with Gasteiger partial charge in [-0.15, -0.1) is 0 Å². The lowest BCUT2D eigenvalue weighted by Gasteiger charge is -2.01. The normalized spacial score (nSPS) is 15.3. The molecule has 3 rings (SSSR count). The number of hydrogen-bond acceptors (Lipinski definition) is 2. The van der Waals surface area contributed by atoms with Gasteiger partial charge in [-0.3, -0.25) is 4.79 Å². The molecule has 3 nitrogen and oxygen atoms in total. The average molecular weight is 309 g/mol. The summed E-state index contributed by atoms with van der Waals surface area (Å²) in [6.45, 7) is 0. The summed E-state index contributed by atoms with van der Waals surface area (Å²) in [4.78, 5) is 15.9. The number of amides is 1. The van der Waals surface area contributed by atoms with Crippen molar-refractivity contribution in [3.8, 4) is 0 Å². The van der Waals surface area contributed by atoms with Gasteiger partial charge in [0.1, 0.15) is 16.8 Å². The minimum Gasteiger partial charge on any atom is -0.306 e. The number of halogens is 3. The third-order valence-electron chi connectivity index (χ3n) is 2.91. The molecule has 0 fully saturated rings. The van der Waals surface area contributed by atoms with Crippen molar-refractivity contribution in [2.24, 2.45) is 0 Å². The fourth-order valence-electron chi connectivity index (χ4n) is 1.98. The lowest BCUT2D eigenvalue weighted by atomic mass is 10.1. The van der Waals surface area contributed by atoms with Crippen LogP contribution >= 0.6 is 23.2 Å². The van der Waals surface area contributed by atoms with E-state index in [0.29, 0.717) is 17.0 Å². The van der Waals surface area contributed by atoms with Crippen molar-refractivity contribution in [3.63, 3.8) is 0 Å². The van der Waals surface area contributed by atoms with Gasteiger partial charge in [0.25, 0.3) is 5.91 Å². The lowest BCUT2D eigenvalue weighted by molar-refractivity contribution is -0.110. The van der Waals surface area contributed by atoms with Gasteiger partial charge in [-0.1, -0.05) is 35.3 Å². The van der Waals surface area contributed by atoms with Gasteiger partial charge < -0.3 is 5.32 Å². The fraction of sp³-hybridized carbons (Fsp3) is 0. The Bertz CT molecular complexity index is 759. The number of pyridine rings is 1. The van der Waals surface area contributed by atoms with Crippen molar-refractivity contribution < 1.29 is 9.18 Å². The highest BCUT2D eigenvalue weighted by Crippen LogP contribution is 2.33. The molecule has 0 unspecified atom stereocenters. The maximum Gasteiger partial charge on any atom is 0.257 e. The van der Waals surface area contributed by atoms with Crippen LogP contribution in [0.4, 0.5) is 10.2 Å². The summed E-state index contributed by atoms with van der Waals surface area (Å²) in [6.07, 6.45) is 1.44. The summed E-state index contributed by atoms with van der Waals surface area (Å²) in [6, 6.07) is 7.84. The second-order valence-electron chi connectivity index (χ2n) is 4.19. The van der Waals surface area contributed by atoms with E-state index in [1.165, 1.54) is 12.1 Å². The quantitative estimate of drug-likeness (QED) is 0.638. The van der Waals surface area contributed by atoms with E-state index in [0.717, 1.165) is 0 Å². The first-order chi connectivity index (χ1) is 9.56. The third kappa shape index (κ3) is 2.17. The molecule has 0 aliphatic carbocycles. The van der Waals surface area contributed by atoms with Crippen LogP contribution in [0.3, 0.4) is 0 Å². The van der Waals surface area contributed by atoms with Crippen LogP contribution in [0, 0.1) is 5.82 Å². The zero-order valence-electron chi connectivity index (χ0n) is 9.95. The summed E-state index contributed by atoms with van der Waals surface area (Å²) in [5.74, 6) is -0.546. The highest BCUT2D eigenvalue weighted by Gasteiger charge is 2.25. The largest absolute Gasteiger partial charge is 0.306 e. The standard InChI is InChI=1S/C14H7Cl2FN2O/c15-10-3-1-2-7(12(10)17)6-9-8-4-5-11(16)18-13(8)19-14(9)20/h1-6H,(H,18,19,20)/b9-6+. The van der Waals surface area contributed by atoms with E-state index in [1.807, 2.05) is 0 Å². The van der Waals surface area contributed by atoms with Gasteiger partial charge in [0.15, 0.2) is 0 Å². The molecular weight excluding hydrogens is 302 g/mol. The Labute approximate surface area is 124 Å². The van der Waals surface area contributed by atoms with Gasteiger partial charge >= 0.3 is 0 Å². The summed E-state index contributed by atoms with van der Waals surface area (Å²) < 4.78 is 13.9. The van der Waals surface area contributed by atoms with Gasteiger partial charge in [-0.25, -0.2) is 9.37 Å². The number of nitrogens with one attached hydrogen (secondary N) is 1. The van der Waals surface area contributed by atoms with Crippen LogP contribution < -0.4 is 5.32 Å². The van der Waals surface area contributed by atoms with Crippen LogP contribution in [0.1, 0.15) is 11.1 Å². The molecule has 0 spiro atoms. The topological polar surface area (TPSA) is 42.0 Å². The first-order valence-corrected chi connectivity index (χ1v) is 6.46. The summed E-state index contributed by atoms with van der Waals surface area (Å²) >= 11 is 11.5. The second kappa shape index (κ2) is 4.89. The van der Waals surface area contributed by atoms with E-state index in [2.05, 4.69) is 10.3 Å². The fourth-order valence-corrected chi connectivity index (χ4v) is 2.31. The number of fused-ring (bicyclic) bond motifs is 1. The van der Waals surface area contributed by atoms with E-state index in [4.69, 9.17) is 23.2 Å². The lowest BCUT2D eigenvalue weighted by Crippen LogP contribution is -2.04. The average Bonchev–Trinajstić information content (AvgIpc) is 2.70. The number of carbonyl (C=O) groups excluding carboxylic acids is 1. The number of nitrogens with zero attached hydrogens (tertiary/aromatic N) is 1. The predicted molar refractivity (Wildman–Crippen MR) is 77.2 cm³/mol. The Kier molecular flexibility index (Phi) is 3.20. The number of carbonyl (C=O) groups is 1. The predicted octanol–water partition coefficient (Wildman–Crippen LogP) is 4.02. The Morgan fingerprint density at radius 1 is 1.20 bits per heavy atom. The minimum absolute atomic E-state index is 0.00668. The first-order valence-electron chi connectivity index (χ1n) is 5.70. The zero-order valence-corrected chi connectivity index (χ0v) is 11.5. The molecule has 6 heteroatoms. The SMILES string of the molecule is O=C1Nc2nc(Cl)ccc2/C1=C\c1cccc(Cl)c1F. The molecule has 1 amide bonds. The highest BCUT2D eigenvalue weighted by atomic mass is 35.5. The number of benzene rings is 1. The van der Waals surface area contributed by atoms with Crippen molar-refractivity contribution in [2.75, 3.05) is 5.32 Å². The van der Waals surface area contributed by atoms with E-state index >= 15 is 0 Å². The van der Waals surface area contributed by atoms with E-state index < -0.39 is 5.82 Å². The van der Waals surface area contributed by atoms with Gasteiger partial charge in [0, 0.05) is 11.1 Å². The first kappa shape index (κ1) is 13.1. The van der Waals surface area contributed by atoms with Gasteiger partial charge in [0.2, 0.25) is 0 Å². The Morgan fingerprint density at radius 2 is 2.00 bits per heavy atom. The Hall–Kier alpha value is -1.91. The minimum atomic E-state index is -0.565. The number of anilines is 1. The molecule has 1 aromatic heterocycles. The molecule has 0 radical (unpaired) electrons. The molecule has 0 bridgehead atoms. The Morgan fingerprint density at radius 3 is 2.80 bits per heavy atom. The molecule has 20 heavy (non-hydrogen) atoms. The molecular formula is C14H7Cl2FN2O. The van der Waals surface area contributed by atoms with E-state index in [9.17, 15) is 9.18 Å². The van der Waals surface area contributed by atoms with Crippen molar-refractivity contribution in [1.82, 2.24) is 4.98 Å². The van der Waals surface area contributed by atoms with Crippen molar-refractivity contribution >= 4 is 46.6 Å². The molecule has 0 saturated heterocycles. The number of aromatic nitrogens is 1. The molecule has 1 aliphatic rings. The second-order valence-corrected chi connectivity index (χ2v) is 4.98. The molecule has 100 valence electrons. The highest BCUT2D eigenvalue weighted by molar-refractivity contribution is 6.35. The molecule has 1 aromatic carbocycles. The maximum absolute atomic E-state index is 13.9. The molecule has 0 saturated carbocycles. The maximum atomic E-state index is 13.9. The number of hydrogen-bond donors (Lipinski definition) is 1. The molecule has 0 atom stereocenters. The summed E-state index contributed by atoms with van der Waals surface area (Å²) in [5.41, 5.74) is 1.15. The third-order valence-corrected chi connectivity index (χ3v) is 3.41. The van der Waals surface area contributed by atoms with Crippen molar-refractivity contribution in [2.45, 2.75) is 0 Å². The van der Waals surface area contributed by atoms with Crippen molar-refractivity contribution in [3.05, 3.63) is 57.5 Å². The molecule has 1 N–H and O–H groups in total. The van der Waals surface area contributed by atoms with Crippen LogP contribution in [-0.2, 0) is 4.79 Å². The summed E-state index contributed by atoms with van der Waals surface area (Å²) in [7, 11) is 0. The van der Waals surface area contributed by atoms with Gasteiger partial charge in [0.05, 0.1) is 10.6 Å². The smallest absolute Gasteiger partial charge is 0.257 e. The van der Waals surface area contributed by atoms with E-state index in [-0.39, 0.29) is 21.6 Å². The number of rotatable bonds is 1. The van der Waals surface area contributed by atoms with Crippen LogP contribution in [-0.4, -0.2) is 10.9 Å². The Balaban J connectivity index is 2.14. The van der Waals surface area contributed by atoms with Crippen LogP contribution in [0.5, 0.6) is 0 Å². The van der Waals surface area contributed by atoms with Crippen molar-refractivity contribution in [1.29, 1.82) is 0 Å². The monoisotopic (exact) mass is 308 g/mol. The zero-order chi connectivity index (χ0) is 14.3. The van der Waals surface area contributed by atoms with E-state index in [1.54, 1.807) is 24.3 Å². The molecule has 2 heterocycles. The van der Waals surface area contributed by atoms with Gasteiger partial charge in [-0.05, 0) is 24.3 Å². The van der Waals surface area contributed by atoms with Gasteiger partial charge in [-0.2, -0.15) is 0 Å². The summed E-state index contributed by atoms with van der Waals surface area (Å²) in [5, 5.41) is 2.87. The van der Waals surface area contributed by atoms with Crippen LogP contribution in [0.2, 0.25) is 10.2 Å². The van der Waals surface area contributed by atoms with Crippen LogP contribution in [0.15, 0.2) is 30.3 Å². The molecule has 2 aromatic rings.